The van der Waals surface area contributed by atoms with Gasteiger partial charge < -0.3 is 0 Å². The zero-order valence-electron chi connectivity index (χ0n) is 13.6. The quantitative estimate of drug-likeness (QED) is 0.689. The molecule has 0 bridgehead atoms. The predicted molar refractivity (Wildman–Crippen MR) is 97.6 cm³/mol. The summed E-state index contributed by atoms with van der Waals surface area (Å²) in [6, 6.07) is 14.8. The maximum absolute atomic E-state index is 12.4. The molecule has 2 aromatic carbocycles. The van der Waals surface area contributed by atoms with Crippen LogP contribution in [-0.4, -0.2) is 16.8 Å². The largest absolute Gasteiger partial charge is 0.312 e. The van der Waals surface area contributed by atoms with Crippen molar-refractivity contribution in [3.63, 3.8) is 0 Å². The van der Waals surface area contributed by atoms with Gasteiger partial charge in [-0.25, -0.2) is 0 Å². The fourth-order valence-electron chi connectivity index (χ4n) is 2.24. The Morgan fingerprint density at radius 1 is 1.00 bits per heavy atom. The lowest BCUT2D eigenvalue weighted by Gasteiger charge is -2.09. The van der Waals surface area contributed by atoms with E-state index in [1.165, 1.54) is 18.2 Å². The van der Waals surface area contributed by atoms with Gasteiger partial charge in [-0.05, 0) is 36.1 Å². The van der Waals surface area contributed by atoms with Crippen LogP contribution in [0.4, 0.5) is 0 Å². The molecular formula is C18H18O5S2. The van der Waals surface area contributed by atoms with Crippen molar-refractivity contribution in [2.24, 2.45) is 0 Å². The molecule has 0 saturated carbocycles. The van der Waals surface area contributed by atoms with Crippen LogP contribution in [0.15, 0.2) is 77.6 Å². The highest BCUT2D eigenvalue weighted by molar-refractivity contribution is 8.01. The van der Waals surface area contributed by atoms with Crippen molar-refractivity contribution in [1.29, 1.82) is 0 Å². The van der Waals surface area contributed by atoms with Gasteiger partial charge in [-0.2, -0.15) is 16.8 Å². The van der Waals surface area contributed by atoms with Crippen LogP contribution >= 0.6 is 0 Å². The Bertz CT molecular complexity index is 989. The Hall–Kier alpha value is -2.22. The van der Waals surface area contributed by atoms with Crippen molar-refractivity contribution in [1.82, 2.24) is 0 Å². The normalized spacial score (nSPS) is 12.8. The van der Waals surface area contributed by atoms with Crippen molar-refractivity contribution in [2.75, 3.05) is 0 Å². The molecule has 132 valence electrons. The van der Waals surface area contributed by atoms with E-state index in [0.717, 1.165) is 5.41 Å². The highest BCUT2D eigenvalue weighted by Gasteiger charge is 2.25. The van der Waals surface area contributed by atoms with Crippen molar-refractivity contribution >= 4 is 25.8 Å². The van der Waals surface area contributed by atoms with Crippen LogP contribution in [0.2, 0.25) is 0 Å². The van der Waals surface area contributed by atoms with Crippen LogP contribution in [0, 0.1) is 0 Å². The summed E-state index contributed by atoms with van der Waals surface area (Å²) in [6.07, 6.45) is 1.81. The fourth-order valence-corrected chi connectivity index (χ4v) is 4.97. The number of allylic oxidation sites excluding steroid dienone is 2. The summed E-state index contributed by atoms with van der Waals surface area (Å²) < 4.78 is 53.7. The van der Waals surface area contributed by atoms with E-state index in [4.69, 9.17) is 0 Å². The molecule has 0 atom stereocenters. The van der Waals surface area contributed by atoms with Gasteiger partial charge in [0.1, 0.15) is 0 Å². The van der Waals surface area contributed by atoms with Crippen LogP contribution in [0.25, 0.3) is 5.57 Å². The van der Waals surface area contributed by atoms with E-state index < -0.39 is 20.2 Å². The van der Waals surface area contributed by atoms with Gasteiger partial charge in [0.25, 0.3) is 0 Å². The predicted octanol–water partition coefficient (Wildman–Crippen LogP) is 3.51. The number of benzene rings is 2. The number of rotatable bonds is 7. The lowest BCUT2D eigenvalue weighted by molar-refractivity contribution is 0.468. The molecule has 0 unspecified atom stereocenters. The molecule has 0 aliphatic carbocycles. The van der Waals surface area contributed by atoms with Crippen molar-refractivity contribution in [3.8, 4) is 0 Å². The average molecular weight is 378 g/mol. The monoisotopic (exact) mass is 378 g/mol. The minimum absolute atomic E-state index is 0.191. The average Bonchev–Trinajstić information content (AvgIpc) is 2.55. The zero-order chi connectivity index (χ0) is 18.5. The molecule has 2 rings (SSSR count). The van der Waals surface area contributed by atoms with E-state index in [2.05, 4.69) is 10.2 Å². The third-order valence-corrected chi connectivity index (χ3v) is 6.40. The van der Waals surface area contributed by atoms with Gasteiger partial charge >= 0.3 is 20.2 Å². The maximum Gasteiger partial charge on any atom is 0.312 e. The maximum atomic E-state index is 12.4. The van der Waals surface area contributed by atoms with Crippen molar-refractivity contribution < 1.29 is 20.5 Å². The molecule has 7 heteroatoms. The molecule has 0 radical (unpaired) electrons. The van der Waals surface area contributed by atoms with Crippen LogP contribution < -0.4 is 0 Å². The van der Waals surface area contributed by atoms with Gasteiger partial charge in [0, 0.05) is 0 Å². The molecule has 0 aliphatic heterocycles. The third-order valence-electron chi connectivity index (χ3n) is 3.34. The molecular weight excluding hydrogens is 360 g/mol. The summed E-state index contributed by atoms with van der Waals surface area (Å²) in [5.41, 5.74) is 1.44. The third kappa shape index (κ3) is 5.12. The number of hydrogen-bond donors (Lipinski definition) is 0. The highest BCUT2D eigenvalue weighted by Crippen LogP contribution is 2.22. The Labute approximate surface area is 148 Å². The van der Waals surface area contributed by atoms with Crippen LogP contribution in [-0.2, 0) is 30.3 Å². The first-order valence-corrected chi connectivity index (χ1v) is 10.3. The second kappa shape index (κ2) is 7.77. The molecule has 0 fully saturated rings. The lowest BCUT2D eigenvalue weighted by atomic mass is 10.1. The molecule has 2 aromatic rings. The van der Waals surface area contributed by atoms with E-state index in [1.54, 1.807) is 49.4 Å². The first-order valence-electron chi connectivity index (χ1n) is 7.39. The van der Waals surface area contributed by atoms with Crippen molar-refractivity contribution in [2.45, 2.75) is 18.2 Å². The summed E-state index contributed by atoms with van der Waals surface area (Å²) in [5, 5.41) is 0.802. The van der Waals surface area contributed by atoms with Crippen LogP contribution in [0.5, 0.6) is 0 Å². The van der Waals surface area contributed by atoms with Gasteiger partial charge in [-0.1, -0.05) is 54.6 Å². The molecule has 25 heavy (non-hydrogen) atoms. The van der Waals surface area contributed by atoms with Crippen molar-refractivity contribution in [3.05, 3.63) is 83.8 Å². The van der Waals surface area contributed by atoms with E-state index in [0.29, 0.717) is 16.7 Å². The van der Waals surface area contributed by atoms with E-state index >= 15 is 0 Å². The Morgan fingerprint density at radius 3 is 2.24 bits per heavy atom. The molecule has 5 nitrogen and oxygen atoms in total. The first kappa shape index (κ1) is 19.1. The Kier molecular flexibility index (Phi) is 5.94. The van der Waals surface area contributed by atoms with E-state index in [-0.39, 0.29) is 11.3 Å². The summed E-state index contributed by atoms with van der Waals surface area (Å²) in [4.78, 5) is -0.191. The van der Waals surface area contributed by atoms with Gasteiger partial charge in [0.15, 0.2) is 0 Å². The Balaban J connectivity index is 2.35. The van der Waals surface area contributed by atoms with E-state index in [9.17, 15) is 16.8 Å². The SMILES string of the molecule is C=CCc1ccccc1S(=O)(=O)OS(=O)(=O)C=C(C)c1ccccc1. The van der Waals surface area contributed by atoms with Gasteiger partial charge in [-0.15, -0.1) is 10.2 Å². The van der Waals surface area contributed by atoms with Gasteiger partial charge in [0.05, 0.1) is 10.3 Å². The molecule has 0 amide bonds. The molecule has 0 heterocycles. The first-order chi connectivity index (χ1) is 11.7. The minimum Gasteiger partial charge on any atom is -0.193 e. The molecule has 0 aromatic heterocycles. The zero-order valence-corrected chi connectivity index (χ0v) is 15.3. The summed E-state index contributed by atoms with van der Waals surface area (Å²) in [5.74, 6) is 0. The fraction of sp³-hybridized carbons (Fsp3) is 0.111. The molecule has 0 saturated heterocycles. The van der Waals surface area contributed by atoms with Gasteiger partial charge in [0.2, 0.25) is 0 Å². The molecule has 0 aliphatic rings. The second-order valence-corrected chi connectivity index (χ2v) is 8.40. The van der Waals surface area contributed by atoms with Crippen LogP contribution in [0.1, 0.15) is 18.1 Å². The smallest absolute Gasteiger partial charge is 0.193 e. The minimum atomic E-state index is -4.48. The lowest BCUT2D eigenvalue weighted by Crippen LogP contribution is -2.14. The second-order valence-electron chi connectivity index (χ2n) is 5.28. The van der Waals surface area contributed by atoms with E-state index in [1.807, 2.05) is 0 Å². The standard InChI is InChI=1S/C18H18O5S2/c1-3-9-17-12-7-8-13-18(17)25(21,22)23-24(19,20)14-15(2)16-10-5-4-6-11-16/h3-8,10-14H,1,9H2,2H3. The highest BCUT2D eigenvalue weighted by atomic mass is 32.3. The summed E-state index contributed by atoms with van der Waals surface area (Å²) >= 11 is 0. The van der Waals surface area contributed by atoms with Gasteiger partial charge in [-0.3, -0.25) is 0 Å². The summed E-state index contributed by atoms with van der Waals surface area (Å²) in [6.45, 7) is 5.13. The topological polar surface area (TPSA) is 77.5 Å². The molecule has 0 spiro atoms. The Morgan fingerprint density at radius 2 is 1.60 bits per heavy atom. The molecule has 0 N–H and O–H groups in total. The number of hydrogen-bond acceptors (Lipinski definition) is 5. The van der Waals surface area contributed by atoms with Crippen LogP contribution in [0.3, 0.4) is 0 Å². The summed E-state index contributed by atoms with van der Waals surface area (Å²) in [7, 11) is -8.92.